The molecular weight excluding hydrogens is 469 g/mol. The molecule has 3 aromatic carbocycles. The number of ether oxygens (including phenoxy) is 1. The maximum absolute atomic E-state index is 13.5. The molecule has 1 heterocycles. The largest absolute Gasteiger partial charge is 0.380 e. The van der Waals surface area contributed by atoms with Gasteiger partial charge in [-0.3, -0.25) is 4.79 Å². The summed E-state index contributed by atoms with van der Waals surface area (Å²) >= 11 is 0. The van der Waals surface area contributed by atoms with Crippen LogP contribution < -0.4 is 10.6 Å². The van der Waals surface area contributed by atoms with E-state index >= 15 is 0 Å². The highest BCUT2D eigenvalue weighted by molar-refractivity contribution is 7.89. The fourth-order valence-electron chi connectivity index (χ4n) is 3.78. The number of rotatable bonds is 8. The Morgan fingerprint density at radius 2 is 1.71 bits per heavy atom. The van der Waals surface area contributed by atoms with Crippen LogP contribution in [0.3, 0.4) is 0 Å². The first-order chi connectivity index (χ1) is 16.8. The Morgan fingerprint density at radius 1 is 0.971 bits per heavy atom. The molecule has 0 aromatic heterocycles. The first-order valence-electron chi connectivity index (χ1n) is 11.4. The molecular formula is C26H28FN3O4S. The number of hydrogen-bond donors (Lipinski definition) is 2. The molecule has 1 fully saturated rings. The van der Waals surface area contributed by atoms with Gasteiger partial charge in [-0.05, 0) is 48.4 Å². The number of aryl methyl sites for hydroxylation is 1. The Bertz CT molecular complexity index is 1290. The average molecular weight is 498 g/mol. The fraction of sp³-hybridized carbons (Fsp3) is 0.269. The average Bonchev–Trinajstić information content (AvgIpc) is 2.87. The molecule has 184 valence electrons. The summed E-state index contributed by atoms with van der Waals surface area (Å²) in [6, 6.07) is 18.5. The number of nitrogens with zero attached hydrogens (tertiary/aromatic N) is 1. The Balaban J connectivity index is 1.59. The van der Waals surface area contributed by atoms with E-state index in [1.165, 1.54) is 22.5 Å². The monoisotopic (exact) mass is 497 g/mol. The summed E-state index contributed by atoms with van der Waals surface area (Å²) in [7, 11) is -3.87. The second-order valence-electron chi connectivity index (χ2n) is 8.38. The van der Waals surface area contributed by atoms with Gasteiger partial charge in [0.2, 0.25) is 10.0 Å². The van der Waals surface area contributed by atoms with Crippen LogP contribution in [0.5, 0.6) is 0 Å². The van der Waals surface area contributed by atoms with Crippen LogP contribution in [0.1, 0.15) is 27.0 Å². The third kappa shape index (κ3) is 6.25. The lowest BCUT2D eigenvalue weighted by Gasteiger charge is -2.27. The number of carbonyl (C=O) groups is 1. The highest BCUT2D eigenvalue weighted by Crippen LogP contribution is 2.27. The number of benzene rings is 3. The minimum Gasteiger partial charge on any atom is -0.380 e. The van der Waals surface area contributed by atoms with Crippen LogP contribution >= 0.6 is 0 Å². The van der Waals surface area contributed by atoms with Gasteiger partial charge < -0.3 is 15.4 Å². The van der Waals surface area contributed by atoms with Gasteiger partial charge in [-0.15, -0.1) is 0 Å². The van der Waals surface area contributed by atoms with Crippen molar-refractivity contribution in [3.63, 3.8) is 0 Å². The van der Waals surface area contributed by atoms with Gasteiger partial charge in [-0.25, -0.2) is 12.8 Å². The molecule has 0 aliphatic carbocycles. The van der Waals surface area contributed by atoms with Crippen LogP contribution in [0.4, 0.5) is 10.1 Å². The number of amides is 1. The minimum atomic E-state index is -3.87. The van der Waals surface area contributed by atoms with Crippen molar-refractivity contribution < 1.29 is 22.3 Å². The van der Waals surface area contributed by atoms with E-state index in [1.807, 2.05) is 31.2 Å². The van der Waals surface area contributed by atoms with Gasteiger partial charge in [0.15, 0.2) is 0 Å². The number of nitrogens with one attached hydrogen (secondary N) is 2. The second kappa shape index (κ2) is 11.0. The number of hydrogen-bond acceptors (Lipinski definition) is 5. The van der Waals surface area contributed by atoms with Gasteiger partial charge in [0, 0.05) is 31.7 Å². The summed E-state index contributed by atoms with van der Waals surface area (Å²) in [6.07, 6.45) is 0. The maximum atomic E-state index is 13.5. The molecule has 2 N–H and O–H groups in total. The zero-order chi connectivity index (χ0) is 24.8. The van der Waals surface area contributed by atoms with Crippen LogP contribution in [0.25, 0.3) is 0 Å². The Hall–Kier alpha value is -3.27. The molecule has 0 saturated carbocycles. The van der Waals surface area contributed by atoms with E-state index in [0.29, 0.717) is 31.0 Å². The molecule has 7 nitrogen and oxygen atoms in total. The quantitative estimate of drug-likeness (QED) is 0.496. The summed E-state index contributed by atoms with van der Waals surface area (Å²) in [5.74, 6) is -0.836. The third-order valence-corrected chi connectivity index (χ3v) is 7.72. The summed E-state index contributed by atoms with van der Waals surface area (Å²) in [5.41, 5.74) is 3.36. The van der Waals surface area contributed by atoms with Crippen molar-refractivity contribution in [1.82, 2.24) is 9.62 Å². The first-order valence-corrected chi connectivity index (χ1v) is 12.8. The SMILES string of the molecule is Cc1ccc(CNc2ccc(C(=O)NCc3cccc(F)c3)cc2S(=O)(=O)N2CCOCC2)cc1. The molecule has 4 rings (SSSR count). The molecule has 1 amide bonds. The predicted octanol–water partition coefficient (Wildman–Crippen LogP) is 3.70. The van der Waals surface area contributed by atoms with E-state index in [4.69, 9.17) is 4.74 Å². The minimum absolute atomic E-state index is 0.0323. The standard InChI is InChI=1S/C26H28FN3O4S/c1-19-5-7-20(8-6-19)17-28-24-10-9-22(26(31)29-18-21-3-2-4-23(27)15-21)16-25(24)35(32,33)30-11-13-34-14-12-30/h2-10,15-16,28H,11-14,17-18H2,1H3,(H,29,31). The highest BCUT2D eigenvalue weighted by atomic mass is 32.2. The van der Waals surface area contributed by atoms with Crippen molar-refractivity contribution in [1.29, 1.82) is 0 Å². The van der Waals surface area contributed by atoms with Crippen molar-refractivity contribution in [2.45, 2.75) is 24.9 Å². The normalized spacial score (nSPS) is 14.5. The number of anilines is 1. The van der Waals surface area contributed by atoms with Crippen molar-refractivity contribution in [3.8, 4) is 0 Å². The van der Waals surface area contributed by atoms with Crippen molar-refractivity contribution >= 4 is 21.6 Å². The van der Waals surface area contributed by atoms with Gasteiger partial charge in [-0.1, -0.05) is 42.0 Å². The molecule has 0 atom stereocenters. The number of carbonyl (C=O) groups excluding carboxylic acids is 1. The van der Waals surface area contributed by atoms with Crippen LogP contribution in [-0.2, 0) is 27.8 Å². The molecule has 1 aliphatic heterocycles. The van der Waals surface area contributed by atoms with Gasteiger partial charge in [0.25, 0.3) is 5.91 Å². The Labute approximate surface area is 205 Å². The summed E-state index contributed by atoms with van der Waals surface area (Å²) < 4.78 is 47.1. The van der Waals surface area contributed by atoms with E-state index in [1.54, 1.807) is 24.3 Å². The Morgan fingerprint density at radius 3 is 2.43 bits per heavy atom. The third-order valence-electron chi connectivity index (χ3n) is 5.78. The molecule has 1 saturated heterocycles. The lowest BCUT2D eigenvalue weighted by molar-refractivity contribution is 0.0730. The first kappa shape index (κ1) is 24.8. The molecule has 3 aromatic rings. The molecule has 0 bridgehead atoms. The van der Waals surface area contributed by atoms with E-state index in [0.717, 1.165) is 11.1 Å². The summed E-state index contributed by atoms with van der Waals surface area (Å²) in [5, 5.41) is 5.94. The lowest BCUT2D eigenvalue weighted by atomic mass is 10.1. The lowest BCUT2D eigenvalue weighted by Crippen LogP contribution is -2.41. The number of sulfonamides is 1. The van der Waals surface area contributed by atoms with Gasteiger partial charge in [0.1, 0.15) is 10.7 Å². The molecule has 0 spiro atoms. The Kier molecular flexibility index (Phi) is 7.80. The van der Waals surface area contributed by atoms with Crippen LogP contribution in [0, 0.1) is 12.7 Å². The molecule has 0 radical (unpaired) electrons. The van der Waals surface area contributed by atoms with Crippen LogP contribution in [-0.4, -0.2) is 44.9 Å². The zero-order valence-electron chi connectivity index (χ0n) is 19.5. The predicted molar refractivity (Wildman–Crippen MR) is 132 cm³/mol. The molecule has 35 heavy (non-hydrogen) atoms. The van der Waals surface area contributed by atoms with Gasteiger partial charge >= 0.3 is 0 Å². The summed E-state index contributed by atoms with van der Waals surface area (Å²) in [6.45, 7) is 3.68. The van der Waals surface area contributed by atoms with E-state index < -0.39 is 15.9 Å². The highest BCUT2D eigenvalue weighted by Gasteiger charge is 2.29. The van der Waals surface area contributed by atoms with E-state index in [9.17, 15) is 17.6 Å². The zero-order valence-corrected chi connectivity index (χ0v) is 20.3. The molecule has 9 heteroatoms. The number of morpholine rings is 1. The van der Waals surface area contributed by atoms with Crippen LogP contribution in [0.2, 0.25) is 0 Å². The van der Waals surface area contributed by atoms with Crippen molar-refractivity contribution in [3.05, 3.63) is 94.8 Å². The van der Waals surface area contributed by atoms with Gasteiger partial charge in [-0.2, -0.15) is 4.31 Å². The van der Waals surface area contributed by atoms with E-state index in [-0.39, 0.29) is 35.9 Å². The van der Waals surface area contributed by atoms with Crippen molar-refractivity contribution in [2.24, 2.45) is 0 Å². The van der Waals surface area contributed by atoms with Crippen molar-refractivity contribution in [2.75, 3.05) is 31.6 Å². The smallest absolute Gasteiger partial charge is 0.251 e. The molecule has 0 unspecified atom stereocenters. The van der Waals surface area contributed by atoms with Crippen LogP contribution in [0.15, 0.2) is 71.6 Å². The van der Waals surface area contributed by atoms with E-state index in [2.05, 4.69) is 10.6 Å². The number of halogens is 1. The molecule has 1 aliphatic rings. The maximum Gasteiger partial charge on any atom is 0.251 e. The second-order valence-corrected chi connectivity index (χ2v) is 10.3. The van der Waals surface area contributed by atoms with Gasteiger partial charge in [0.05, 0.1) is 18.9 Å². The fourth-order valence-corrected chi connectivity index (χ4v) is 5.39. The topological polar surface area (TPSA) is 87.7 Å². The summed E-state index contributed by atoms with van der Waals surface area (Å²) in [4.78, 5) is 12.9.